The number of pyridine rings is 1. The Labute approximate surface area is 108 Å². The topological polar surface area (TPSA) is 22.1 Å². The zero-order valence-corrected chi connectivity index (χ0v) is 11.5. The van der Waals surface area contributed by atoms with Gasteiger partial charge in [0.05, 0.1) is 6.10 Å². The van der Waals surface area contributed by atoms with Crippen molar-refractivity contribution in [1.29, 1.82) is 0 Å². The van der Waals surface area contributed by atoms with Crippen LogP contribution in [0.3, 0.4) is 0 Å². The molecule has 1 aromatic heterocycles. The Kier molecular flexibility index (Phi) is 3.93. The number of halogens is 1. The van der Waals surface area contributed by atoms with Gasteiger partial charge in [-0.15, -0.1) is 0 Å². The number of ether oxygens (including phenoxy) is 1. The molecule has 0 amide bonds. The quantitative estimate of drug-likeness (QED) is 0.736. The van der Waals surface area contributed by atoms with E-state index in [2.05, 4.69) is 18.8 Å². The van der Waals surface area contributed by atoms with Crippen LogP contribution < -0.4 is 4.74 Å². The second-order valence-corrected chi connectivity index (χ2v) is 5.67. The summed E-state index contributed by atoms with van der Waals surface area (Å²) in [4.78, 5) is 4.04. The van der Waals surface area contributed by atoms with E-state index in [1.165, 1.54) is 6.42 Å². The Hall–Kier alpha value is -0.760. The summed E-state index contributed by atoms with van der Waals surface area (Å²) in [5.41, 5.74) is 1.06. The van der Waals surface area contributed by atoms with Gasteiger partial charge < -0.3 is 4.74 Å². The fourth-order valence-electron chi connectivity index (χ4n) is 2.39. The summed E-state index contributed by atoms with van der Waals surface area (Å²) in [6, 6.07) is 1.82. The summed E-state index contributed by atoms with van der Waals surface area (Å²) < 4.78 is 6.06. The van der Waals surface area contributed by atoms with Crippen molar-refractivity contribution in [2.45, 2.75) is 46.1 Å². The molecular weight excluding hydrogens is 234 g/mol. The second-order valence-electron chi connectivity index (χ2n) is 5.28. The molecule has 0 saturated heterocycles. The van der Waals surface area contributed by atoms with Gasteiger partial charge in [-0.2, -0.15) is 0 Å². The molecule has 1 aromatic rings. The average Bonchev–Trinajstić information content (AvgIpc) is 2.29. The van der Waals surface area contributed by atoms with Crippen molar-refractivity contribution >= 4 is 11.6 Å². The molecule has 3 heteroatoms. The van der Waals surface area contributed by atoms with Crippen LogP contribution in [0, 0.1) is 18.8 Å². The Morgan fingerprint density at radius 2 is 2.06 bits per heavy atom. The lowest BCUT2D eigenvalue weighted by molar-refractivity contribution is 0.0999. The van der Waals surface area contributed by atoms with E-state index in [1.807, 2.05) is 13.0 Å². The van der Waals surface area contributed by atoms with Crippen LogP contribution in [0.25, 0.3) is 0 Å². The zero-order valence-electron chi connectivity index (χ0n) is 10.7. The summed E-state index contributed by atoms with van der Waals surface area (Å²) in [6.45, 7) is 6.65. The van der Waals surface area contributed by atoms with Crippen LogP contribution in [0.4, 0.5) is 0 Å². The van der Waals surface area contributed by atoms with Crippen molar-refractivity contribution in [1.82, 2.24) is 4.98 Å². The summed E-state index contributed by atoms with van der Waals surface area (Å²) in [5, 5.41) is 0.503. The number of hydrogen-bond acceptors (Lipinski definition) is 2. The van der Waals surface area contributed by atoms with Gasteiger partial charge in [-0.3, -0.25) is 0 Å². The van der Waals surface area contributed by atoms with Gasteiger partial charge in [-0.05, 0) is 38.0 Å². The molecule has 2 rings (SSSR count). The maximum Gasteiger partial charge on any atom is 0.132 e. The van der Waals surface area contributed by atoms with Crippen molar-refractivity contribution in [2.24, 2.45) is 11.8 Å². The lowest BCUT2D eigenvalue weighted by Gasteiger charge is -2.32. The van der Waals surface area contributed by atoms with Crippen LogP contribution >= 0.6 is 11.6 Å². The lowest BCUT2D eigenvalue weighted by atomic mass is 9.80. The van der Waals surface area contributed by atoms with E-state index in [1.54, 1.807) is 6.20 Å². The zero-order chi connectivity index (χ0) is 12.4. The SMILES string of the molecule is Cc1cnc(Cl)cc1OC1CCC(C)C(C)C1. The third-order valence-electron chi connectivity index (χ3n) is 3.86. The van der Waals surface area contributed by atoms with E-state index in [0.717, 1.165) is 36.0 Å². The first-order chi connectivity index (χ1) is 8.06. The Morgan fingerprint density at radius 3 is 2.76 bits per heavy atom. The van der Waals surface area contributed by atoms with E-state index in [0.29, 0.717) is 11.3 Å². The number of aryl methyl sites for hydroxylation is 1. The molecule has 94 valence electrons. The summed E-state index contributed by atoms with van der Waals surface area (Å²) in [5.74, 6) is 2.44. The van der Waals surface area contributed by atoms with E-state index < -0.39 is 0 Å². The molecule has 1 aliphatic carbocycles. The first kappa shape index (κ1) is 12.7. The fourth-order valence-corrected chi connectivity index (χ4v) is 2.54. The molecule has 0 spiro atoms. The molecule has 3 atom stereocenters. The molecule has 1 fully saturated rings. The Morgan fingerprint density at radius 1 is 1.29 bits per heavy atom. The molecule has 2 nitrogen and oxygen atoms in total. The first-order valence-corrected chi connectivity index (χ1v) is 6.73. The molecule has 0 aliphatic heterocycles. The predicted octanol–water partition coefficient (Wildman–Crippen LogP) is 4.25. The third kappa shape index (κ3) is 3.12. The maximum absolute atomic E-state index is 6.06. The van der Waals surface area contributed by atoms with E-state index in [4.69, 9.17) is 16.3 Å². The summed E-state index contributed by atoms with van der Waals surface area (Å²) >= 11 is 5.90. The number of rotatable bonds is 2. The molecule has 0 N–H and O–H groups in total. The van der Waals surface area contributed by atoms with Crippen LogP contribution in [0.5, 0.6) is 5.75 Å². The first-order valence-electron chi connectivity index (χ1n) is 6.35. The molecule has 1 aliphatic rings. The molecule has 17 heavy (non-hydrogen) atoms. The standard InChI is InChI=1S/C14H20ClNO/c1-9-4-5-12(6-10(9)2)17-13-7-14(15)16-8-11(13)3/h7-10,12H,4-6H2,1-3H3. The van der Waals surface area contributed by atoms with Crippen molar-refractivity contribution in [3.63, 3.8) is 0 Å². The highest BCUT2D eigenvalue weighted by molar-refractivity contribution is 6.29. The Bertz CT molecular complexity index is 394. The van der Waals surface area contributed by atoms with Crippen LogP contribution in [0.2, 0.25) is 5.15 Å². The third-order valence-corrected chi connectivity index (χ3v) is 4.07. The van der Waals surface area contributed by atoms with E-state index >= 15 is 0 Å². The van der Waals surface area contributed by atoms with Crippen molar-refractivity contribution in [2.75, 3.05) is 0 Å². The van der Waals surface area contributed by atoms with Crippen LogP contribution in [0.15, 0.2) is 12.3 Å². The minimum atomic E-state index is 0.332. The van der Waals surface area contributed by atoms with Gasteiger partial charge in [-0.1, -0.05) is 25.4 Å². The van der Waals surface area contributed by atoms with Crippen LogP contribution in [-0.2, 0) is 0 Å². The minimum Gasteiger partial charge on any atom is -0.490 e. The molecule has 1 heterocycles. The molecule has 3 unspecified atom stereocenters. The van der Waals surface area contributed by atoms with Crippen molar-refractivity contribution in [3.05, 3.63) is 23.0 Å². The lowest BCUT2D eigenvalue weighted by Crippen LogP contribution is -2.28. The molecule has 0 aromatic carbocycles. The van der Waals surface area contributed by atoms with Gasteiger partial charge in [0.25, 0.3) is 0 Å². The van der Waals surface area contributed by atoms with Gasteiger partial charge >= 0.3 is 0 Å². The normalized spacial score (nSPS) is 29.1. The average molecular weight is 254 g/mol. The predicted molar refractivity (Wildman–Crippen MR) is 70.6 cm³/mol. The van der Waals surface area contributed by atoms with Crippen molar-refractivity contribution < 1.29 is 4.74 Å². The van der Waals surface area contributed by atoms with E-state index in [-0.39, 0.29) is 0 Å². The van der Waals surface area contributed by atoms with Gasteiger partial charge in [0.1, 0.15) is 10.9 Å². The molecule has 0 radical (unpaired) electrons. The van der Waals surface area contributed by atoms with Gasteiger partial charge in [-0.25, -0.2) is 4.98 Å². The monoisotopic (exact) mass is 253 g/mol. The largest absolute Gasteiger partial charge is 0.490 e. The maximum atomic E-state index is 6.06. The number of aromatic nitrogens is 1. The highest BCUT2D eigenvalue weighted by Gasteiger charge is 2.26. The highest BCUT2D eigenvalue weighted by Crippen LogP contribution is 2.32. The summed E-state index contributed by atoms with van der Waals surface area (Å²) in [6.07, 6.45) is 5.64. The minimum absolute atomic E-state index is 0.332. The fraction of sp³-hybridized carbons (Fsp3) is 0.643. The Balaban J connectivity index is 2.03. The number of nitrogens with zero attached hydrogens (tertiary/aromatic N) is 1. The second kappa shape index (κ2) is 5.26. The number of hydrogen-bond donors (Lipinski definition) is 0. The molecular formula is C14H20ClNO. The van der Waals surface area contributed by atoms with Gasteiger partial charge in [0.2, 0.25) is 0 Å². The highest BCUT2D eigenvalue weighted by atomic mass is 35.5. The smallest absolute Gasteiger partial charge is 0.132 e. The molecule has 0 bridgehead atoms. The van der Waals surface area contributed by atoms with Gasteiger partial charge in [0.15, 0.2) is 0 Å². The van der Waals surface area contributed by atoms with Crippen LogP contribution in [0.1, 0.15) is 38.7 Å². The van der Waals surface area contributed by atoms with E-state index in [9.17, 15) is 0 Å². The molecule has 1 saturated carbocycles. The van der Waals surface area contributed by atoms with Crippen LogP contribution in [-0.4, -0.2) is 11.1 Å². The summed E-state index contributed by atoms with van der Waals surface area (Å²) in [7, 11) is 0. The van der Waals surface area contributed by atoms with Crippen molar-refractivity contribution in [3.8, 4) is 5.75 Å². The van der Waals surface area contributed by atoms with Gasteiger partial charge in [0, 0.05) is 17.8 Å².